The molecular formula is C13H17NO3. The van der Waals surface area contributed by atoms with Crippen molar-refractivity contribution in [2.45, 2.75) is 31.4 Å². The molecular weight excluding hydrogens is 218 g/mol. The van der Waals surface area contributed by atoms with E-state index in [0.717, 1.165) is 19.3 Å². The summed E-state index contributed by atoms with van der Waals surface area (Å²) in [5.41, 5.74) is 7.91. The van der Waals surface area contributed by atoms with Gasteiger partial charge in [-0.15, -0.1) is 0 Å². The van der Waals surface area contributed by atoms with E-state index in [4.69, 9.17) is 15.6 Å². The van der Waals surface area contributed by atoms with E-state index >= 15 is 0 Å². The van der Waals surface area contributed by atoms with Gasteiger partial charge in [-0.25, -0.2) is 0 Å². The second-order valence-corrected chi connectivity index (χ2v) is 4.36. The number of carboxylic acids is 1. The summed E-state index contributed by atoms with van der Waals surface area (Å²) in [7, 11) is 0. The van der Waals surface area contributed by atoms with Crippen LogP contribution in [0.3, 0.4) is 0 Å². The number of ether oxygens (including phenoxy) is 1. The summed E-state index contributed by atoms with van der Waals surface area (Å²) in [5.74, 6) is -1.02. The van der Waals surface area contributed by atoms with Crippen molar-refractivity contribution >= 4 is 5.97 Å². The monoisotopic (exact) mass is 235 g/mol. The minimum Gasteiger partial charge on any atom is -0.480 e. The molecule has 1 aliphatic rings. The first-order valence-corrected chi connectivity index (χ1v) is 5.86. The molecule has 4 heteroatoms. The van der Waals surface area contributed by atoms with Crippen molar-refractivity contribution in [2.75, 3.05) is 6.61 Å². The third-order valence-corrected chi connectivity index (χ3v) is 3.11. The maximum atomic E-state index is 10.6. The first-order chi connectivity index (χ1) is 8.18. The molecule has 0 saturated carbocycles. The lowest BCUT2D eigenvalue weighted by atomic mass is 9.89. The fourth-order valence-electron chi connectivity index (χ4n) is 2.17. The summed E-state index contributed by atoms with van der Waals surface area (Å²) < 4.78 is 5.63. The lowest BCUT2D eigenvalue weighted by Gasteiger charge is -2.26. The number of hydrogen-bond acceptors (Lipinski definition) is 3. The van der Waals surface area contributed by atoms with Gasteiger partial charge in [0.1, 0.15) is 6.04 Å². The maximum Gasteiger partial charge on any atom is 0.322 e. The predicted octanol–water partition coefficient (Wildman–Crippen LogP) is 1.49. The molecule has 1 aromatic carbocycles. The molecule has 0 fully saturated rings. The van der Waals surface area contributed by atoms with Crippen LogP contribution in [0.1, 0.15) is 30.1 Å². The Bertz CT molecular complexity index is 405. The first kappa shape index (κ1) is 12.1. The molecule has 2 rings (SSSR count). The number of nitrogens with two attached hydrogens (primary N) is 1. The van der Waals surface area contributed by atoms with Crippen LogP contribution in [0, 0.1) is 0 Å². The van der Waals surface area contributed by atoms with E-state index in [-0.39, 0.29) is 12.7 Å². The van der Waals surface area contributed by atoms with Gasteiger partial charge in [0.25, 0.3) is 0 Å². The van der Waals surface area contributed by atoms with Crippen molar-refractivity contribution in [1.82, 2.24) is 0 Å². The van der Waals surface area contributed by atoms with Gasteiger partial charge in [-0.3, -0.25) is 4.79 Å². The zero-order valence-corrected chi connectivity index (χ0v) is 9.63. The lowest BCUT2D eigenvalue weighted by Crippen LogP contribution is -2.35. The molecule has 2 unspecified atom stereocenters. The van der Waals surface area contributed by atoms with Gasteiger partial charge >= 0.3 is 5.97 Å². The van der Waals surface area contributed by atoms with Crippen LogP contribution in [-0.4, -0.2) is 23.7 Å². The van der Waals surface area contributed by atoms with Crippen molar-refractivity contribution in [3.05, 3.63) is 35.4 Å². The fourth-order valence-corrected chi connectivity index (χ4v) is 2.17. The van der Waals surface area contributed by atoms with Gasteiger partial charge in [0.05, 0.1) is 12.7 Å². The maximum absolute atomic E-state index is 10.6. The molecule has 0 spiro atoms. The van der Waals surface area contributed by atoms with Gasteiger partial charge in [0, 0.05) is 0 Å². The highest BCUT2D eigenvalue weighted by Crippen LogP contribution is 2.32. The highest BCUT2D eigenvalue weighted by molar-refractivity contribution is 5.73. The summed E-state index contributed by atoms with van der Waals surface area (Å²) >= 11 is 0. The molecule has 0 aliphatic heterocycles. The molecule has 4 nitrogen and oxygen atoms in total. The Balaban J connectivity index is 2.01. The van der Waals surface area contributed by atoms with Gasteiger partial charge in [0.15, 0.2) is 0 Å². The number of rotatable bonds is 4. The molecule has 17 heavy (non-hydrogen) atoms. The Hall–Kier alpha value is -1.39. The Morgan fingerprint density at radius 3 is 3.06 bits per heavy atom. The number of aliphatic carboxylic acids is 1. The lowest BCUT2D eigenvalue weighted by molar-refractivity contribution is -0.140. The van der Waals surface area contributed by atoms with Crippen molar-refractivity contribution in [3.8, 4) is 0 Å². The molecule has 0 amide bonds. The Morgan fingerprint density at radius 2 is 2.29 bits per heavy atom. The van der Waals surface area contributed by atoms with Crippen LogP contribution in [0.15, 0.2) is 24.3 Å². The average Bonchev–Trinajstić information content (AvgIpc) is 2.35. The van der Waals surface area contributed by atoms with Gasteiger partial charge < -0.3 is 15.6 Å². The largest absolute Gasteiger partial charge is 0.480 e. The van der Waals surface area contributed by atoms with E-state index in [1.807, 2.05) is 18.2 Å². The van der Waals surface area contributed by atoms with Crippen molar-refractivity contribution in [2.24, 2.45) is 5.73 Å². The minimum atomic E-state index is -1.02. The van der Waals surface area contributed by atoms with E-state index in [0.29, 0.717) is 0 Å². The summed E-state index contributed by atoms with van der Waals surface area (Å²) in [5, 5.41) is 8.70. The third kappa shape index (κ3) is 2.84. The zero-order chi connectivity index (χ0) is 12.3. The van der Waals surface area contributed by atoms with E-state index in [9.17, 15) is 4.79 Å². The Labute approximate surface area is 100 Å². The Morgan fingerprint density at radius 1 is 1.53 bits per heavy atom. The van der Waals surface area contributed by atoms with Crippen LogP contribution in [0.2, 0.25) is 0 Å². The average molecular weight is 235 g/mol. The van der Waals surface area contributed by atoms with E-state index in [1.54, 1.807) is 0 Å². The van der Waals surface area contributed by atoms with E-state index < -0.39 is 12.0 Å². The Kier molecular flexibility index (Phi) is 3.76. The molecule has 0 bridgehead atoms. The first-order valence-electron chi connectivity index (χ1n) is 5.86. The SMILES string of the molecule is NC(COC1CCCc2ccccc21)C(=O)O. The second kappa shape index (κ2) is 5.29. The van der Waals surface area contributed by atoms with Crippen LogP contribution in [0.25, 0.3) is 0 Å². The third-order valence-electron chi connectivity index (χ3n) is 3.11. The molecule has 92 valence electrons. The molecule has 0 radical (unpaired) electrons. The quantitative estimate of drug-likeness (QED) is 0.829. The number of carboxylic acid groups (broad SMARTS) is 1. The summed E-state index contributed by atoms with van der Waals surface area (Å²) in [4.78, 5) is 10.6. The number of benzene rings is 1. The highest BCUT2D eigenvalue weighted by atomic mass is 16.5. The minimum absolute atomic E-state index is 0.00894. The van der Waals surface area contributed by atoms with Crippen LogP contribution in [0.5, 0.6) is 0 Å². The van der Waals surface area contributed by atoms with E-state index in [1.165, 1.54) is 11.1 Å². The van der Waals surface area contributed by atoms with Gasteiger partial charge in [-0.1, -0.05) is 24.3 Å². The smallest absolute Gasteiger partial charge is 0.322 e. The van der Waals surface area contributed by atoms with Gasteiger partial charge in [-0.05, 0) is 30.4 Å². The number of hydrogen-bond donors (Lipinski definition) is 2. The van der Waals surface area contributed by atoms with Crippen molar-refractivity contribution < 1.29 is 14.6 Å². The molecule has 1 aromatic rings. The van der Waals surface area contributed by atoms with Crippen LogP contribution < -0.4 is 5.73 Å². The zero-order valence-electron chi connectivity index (χ0n) is 9.63. The van der Waals surface area contributed by atoms with Gasteiger partial charge in [-0.2, -0.15) is 0 Å². The normalized spacial score (nSPS) is 20.6. The van der Waals surface area contributed by atoms with Crippen molar-refractivity contribution in [3.63, 3.8) is 0 Å². The van der Waals surface area contributed by atoms with E-state index in [2.05, 4.69) is 6.07 Å². The highest BCUT2D eigenvalue weighted by Gasteiger charge is 2.22. The fraction of sp³-hybridized carbons (Fsp3) is 0.462. The topological polar surface area (TPSA) is 72.5 Å². The summed E-state index contributed by atoms with van der Waals surface area (Å²) in [6.07, 6.45) is 3.07. The summed E-state index contributed by atoms with van der Waals surface area (Å²) in [6.45, 7) is 0.0638. The number of carbonyl (C=O) groups is 1. The van der Waals surface area contributed by atoms with Gasteiger partial charge in [0.2, 0.25) is 0 Å². The standard InChI is InChI=1S/C13H17NO3/c14-11(13(15)16)8-17-12-7-3-5-9-4-1-2-6-10(9)12/h1-2,4,6,11-12H,3,5,7-8,14H2,(H,15,16). The van der Waals surface area contributed by atoms with Crippen LogP contribution >= 0.6 is 0 Å². The molecule has 1 aliphatic carbocycles. The summed E-state index contributed by atoms with van der Waals surface area (Å²) in [6, 6.07) is 7.21. The number of aryl methyl sites for hydroxylation is 1. The molecule has 2 atom stereocenters. The predicted molar refractivity (Wildman–Crippen MR) is 63.7 cm³/mol. The molecule has 0 saturated heterocycles. The second-order valence-electron chi connectivity index (χ2n) is 4.36. The molecule has 3 N–H and O–H groups in total. The van der Waals surface area contributed by atoms with Crippen LogP contribution in [0.4, 0.5) is 0 Å². The van der Waals surface area contributed by atoms with Crippen LogP contribution in [-0.2, 0) is 16.0 Å². The molecule has 0 aromatic heterocycles. The van der Waals surface area contributed by atoms with Crippen molar-refractivity contribution in [1.29, 1.82) is 0 Å². The molecule has 0 heterocycles. The number of fused-ring (bicyclic) bond motifs is 1.